The van der Waals surface area contributed by atoms with E-state index in [-0.39, 0.29) is 5.57 Å². The molecule has 0 aromatic carbocycles. The molecule has 0 heterocycles. The molecule has 86 valence electrons. The molecular formula is C12H21NO2. The SMILES string of the molecule is C=C(CNC1CCCC(CC)C1)C(=O)O. The van der Waals surface area contributed by atoms with E-state index in [0.29, 0.717) is 12.6 Å². The van der Waals surface area contributed by atoms with Crippen LogP contribution in [0.3, 0.4) is 0 Å². The summed E-state index contributed by atoms with van der Waals surface area (Å²) in [5, 5.41) is 12.0. The number of aliphatic carboxylic acids is 1. The van der Waals surface area contributed by atoms with Gasteiger partial charge < -0.3 is 10.4 Å². The van der Waals surface area contributed by atoms with E-state index in [4.69, 9.17) is 5.11 Å². The first kappa shape index (κ1) is 12.2. The Morgan fingerprint density at radius 2 is 2.27 bits per heavy atom. The number of carboxylic acid groups (broad SMARTS) is 1. The smallest absolute Gasteiger partial charge is 0.332 e. The standard InChI is InChI=1S/C12H21NO2/c1-3-10-5-4-6-11(7-10)13-8-9(2)12(14)15/h10-11,13H,2-8H2,1H3,(H,14,15). The summed E-state index contributed by atoms with van der Waals surface area (Å²) in [6, 6.07) is 0.486. The van der Waals surface area contributed by atoms with Crippen molar-refractivity contribution in [2.45, 2.75) is 45.1 Å². The first-order valence-corrected chi connectivity index (χ1v) is 5.78. The minimum Gasteiger partial charge on any atom is -0.478 e. The van der Waals surface area contributed by atoms with Gasteiger partial charge in [-0.3, -0.25) is 0 Å². The summed E-state index contributed by atoms with van der Waals surface area (Å²) in [5.41, 5.74) is 0.258. The highest BCUT2D eigenvalue weighted by atomic mass is 16.4. The highest BCUT2D eigenvalue weighted by Crippen LogP contribution is 2.26. The molecule has 1 fully saturated rings. The van der Waals surface area contributed by atoms with Crippen molar-refractivity contribution in [2.24, 2.45) is 5.92 Å². The summed E-state index contributed by atoms with van der Waals surface area (Å²) in [6.45, 7) is 6.15. The summed E-state index contributed by atoms with van der Waals surface area (Å²) in [7, 11) is 0. The zero-order valence-corrected chi connectivity index (χ0v) is 9.46. The summed E-state index contributed by atoms with van der Waals surface area (Å²) in [4.78, 5) is 10.6. The predicted octanol–water partition coefficient (Wildman–Crippen LogP) is 2.19. The fourth-order valence-corrected chi connectivity index (χ4v) is 2.19. The van der Waals surface area contributed by atoms with Crippen LogP contribution in [0, 0.1) is 5.92 Å². The normalized spacial score (nSPS) is 26.2. The van der Waals surface area contributed by atoms with Crippen molar-refractivity contribution in [3.8, 4) is 0 Å². The topological polar surface area (TPSA) is 49.3 Å². The lowest BCUT2D eigenvalue weighted by Gasteiger charge is -2.29. The average Bonchev–Trinajstić information content (AvgIpc) is 2.26. The minimum absolute atomic E-state index is 0.258. The molecule has 1 rings (SSSR count). The van der Waals surface area contributed by atoms with Crippen molar-refractivity contribution in [1.29, 1.82) is 0 Å². The maximum absolute atomic E-state index is 10.6. The molecule has 0 aliphatic heterocycles. The van der Waals surface area contributed by atoms with Crippen molar-refractivity contribution >= 4 is 5.97 Å². The lowest BCUT2D eigenvalue weighted by Crippen LogP contribution is -2.36. The van der Waals surface area contributed by atoms with Gasteiger partial charge in [-0.15, -0.1) is 0 Å². The Labute approximate surface area is 91.6 Å². The van der Waals surface area contributed by atoms with Crippen LogP contribution in [0.1, 0.15) is 39.0 Å². The Hall–Kier alpha value is -0.830. The van der Waals surface area contributed by atoms with Crippen molar-refractivity contribution < 1.29 is 9.90 Å². The lowest BCUT2D eigenvalue weighted by atomic mass is 9.84. The zero-order valence-electron chi connectivity index (χ0n) is 9.46. The molecule has 1 aliphatic rings. The van der Waals surface area contributed by atoms with Gasteiger partial charge in [-0.05, 0) is 18.8 Å². The molecule has 3 nitrogen and oxygen atoms in total. The van der Waals surface area contributed by atoms with Crippen LogP contribution >= 0.6 is 0 Å². The number of carbonyl (C=O) groups is 1. The average molecular weight is 211 g/mol. The molecule has 0 aromatic heterocycles. The van der Waals surface area contributed by atoms with Gasteiger partial charge in [0, 0.05) is 18.2 Å². The minimum atomic E-state index is -0.898. The van der Waals surface area contributed by atoms with Crippen LogP contribution in [-0.2, 0) is 4.79 Å². The van der Waals surface area contributed by atoms with Crippen molar-refractivity contribution in [3.63, 3.8) is 0 Å². The Bertz CT molecular complexity index is 238. The molecular weight excluding hydrogens is 190 g/mol. The van der Waals surface area contributed by atoms with Crippen molar-refractivity contribution in [1.82, 2.24) is 5.32 Å². The summed E-state index contributed by atoms with van der Waals surface area (Å²) in [6.07, 6.45) is 6.18. The summed E-state index contributed by atoms with van der Waals surface area (Å²) >= 11 is 0. The van der Waals surface area contributed by atoms with E-state index in [2.05, 4.69) is 18.8 Å². The molecule has 0 radical (unpaired) electrons. The van der Waals surface area contributed by atoms with Crippen LogP contribution < -0.4 is 5.32 Å². The van der Waals surface area contributed by atoms with Gasteiger partial charge in [-0.2, -0.15) is 0 Å². The van der Waals surface area contributed by atoms with Gasteiger partial charge in [0.1, 0.15) is 0 Å². The highest BCUT2D eigenvalue weighted by molar-refractivity contribution is 5.86. The molecule has 0 aromatic rings. The highest BCUT2D eigenvalue weighted by Gasteiger charge is 2.20. The van der Waals surface area contributed by atoms with Gasteiger partial charge in [0.2, 0.25) is 0 Å². The molecule has 2 unspecified atom stereocenters. The molecule has 0 amide bonds. The first-order chi connectivity index (χ1) is 7.13. The number of hydrogen-bond donors (Lipinski definition) is 2. The first-order valence-electron chi connectivity index (χ1n) is 5.78. The van der Waals surface area contributed by atoms with E-state index in [1.165, 1.54) is 32.1 Å². The van der Waals surface area contributed by atoms with Crippen molar-refractivity contribution in [3.05, 3.63) is 12.2 Å². The van der Waals surface area contributed by atoms with Gasteiger partial charge in [0.05, 0.1) is 0 Å². The molecule has 0 bridgehead atoms. The molecule has 1 saturated carbocycles. The van der Waals surface area contributed by atoms with E-state index < -0.39 is 5.97 Å². The van der Waals surface area contributed by atoms with Crippen LogP contribution in [0.4, 0.5) is 0 Å². The quantitative estimate of drug-likeness (QED) is 0.685. The second-order valence-corrected chi connectivity index (χ2v) is 4.43. The molecule has 2 atom stereocenters. The molecule has 3 heteroatoms. The summed E-state index contributed by atoms with van der Waals surface area (Å²) in [5.74, 6) is -0.0836. The fraction of sp³-hybridized carbons (Fsp3) is 0.750. The number of hydrogen-bond acceptors (Lipinski definition) is 2. The van der Waals surface area contributed by atoms with Gasteiger partial charge >= 0.3 is 5.97 Å². The molecule has 15 heavy (non-hydrogen) atoms. The van der Waals surface area contributed by atoms with Gasteiger partial charge in [0.25, 0.3) is 0 Å². The van der Waals surface area contributed by atoms with Gasteiger partial charge in [-0.1, -0.05) is 32.8 Å². The monoisotopic (exact) mass is 211 g/mol. The third kappa shape index (κ3) is 4.04. The van der Waals surface area contributed by atoms with E-state index in [9.17, 15) is 4.79 Å². The Morgan fingerprint density at radius 1 is 1.53 bits per heavy atom. The number of rotatable bonds is 5. The largest absolute Gasteiger partial charge is 0.478 e. The van der Waals surface area contributed by atoms with E-state index >= 15 is 0 Å². The zero-order chi connectivity index (χ0) is 11.3. The Morgan fingerprint density at radius 3 is 2.87 bits per heavy atom. The second-order valence-electron chi connectivity index (χ2n) is 4.43. The lowest BCUT2D eigenvalue weighted by molar-refractivity contribution is -0.132. The van der Waals surface area contributed by atoms with Crippen LogP contribution in [0.25, 0.3) is 0 Å². The number of nitrogens with one attached hydrogen (secondary N) is 1. The van der Waals surface area contributed by atoms with Crippen LogP contribution in [0.15, 0.2) is 12.2 Å². The summed E-state index contributed by atoms with van der Waals surface area (Å²) < 4.78 is 0. The third-order valence-corrected chi connectivity index (χ3v) is 3.27. The molecule has 1 aliphatic carbocycles. The van der Waals surface area contributed by atoms with Crippen LogP contribution in [0.5, 0.6) is 0 Å². The van der Waals surface area contributed by atoms with Crippen molar-refractivity contribution in [2.75, 3.05) is 6.54 Å². The van der Waals surface area contributed by atoms with E-state index in [0.717, 1.165) is 5.92 Å². The van der Waals surface area contributed by atoms with Crippen LogP contribution in [-0.4, -0.2) is 23.7 Å². The fourth-order valence-electron chi connectivity index (χ4n) is 2.19. The maximum atomic E-state index is 10.6. The molecule has 0 saturated heterocycles. The van der Waals surface area contributed by atoms with Gasteiger partial charge in [-0.25, -0.2) is 4.79 Å². The third-order valence-electron chi connectivity index (χ3n) is 3.27. The Kier molecular flexibility index (Phi) is 4.82. The van der Waals surface area contributed by atoms with Gasteiger partial charge in [0.15, 0.2) is 0 Å². The maximum Gasteiger partial charge on any atom is 0.332 e. The van der Waals surface area contributed by atoms with E-state index in [1.807, 2.05) is 0 Å². The number of carboxylic acids is 1. The van der Waals surface area contributed by atoms with E-state index in [1.54, 1.807) is 0 Å². The molecule has 2 N–H and O–H groups in total. The Balaban J connectivity index is 2.26. The molecule has 0 spiro atoms. The predicted molar refractivity (Wildman–Crippen MR) is 60.8 cm³/mol. The van der Waals surface area contributed by atoms with Crippen LogP contribution in [0.2, 0.25) is 0 Å². The second kappa shape index (κ2) is 5.91.